The fraction of sp³-hybridized carbons (Fsp3) is 0.250. The van der Waals surface area contributed by atoms with Crippen LogP contribution in [-0.2, 0) is 20.0 Å². The second kappa shape index (κ2) is 8.45. The number of aromatic nitrogens is 4. The number of para-hydroxylation sites is 1. The maximum Gasteiger partial charge on any atom is 0.0972 e. The van der Waals surface area contributed by atoms with Crippen LogP contribution in [0.1, 0.15) is 22.5 Å². The smallest absolute Gasteiger partial charge is 0.0972 e. The van der Waals surface area contributed by atoms with Crippen molar-refractivity contribution in [3.05, 3.63) is 89.4 Å². The van der Waals surface area contributed by atoms with E-state index in [2.05, 4.69) is 66.9 Å². The van der Waals surface area contributed by atoms with Gasteiger partial charge >= 0.3 is 0 Å². The summed E-state index contributed by atoms with van der Waals surface area (Å²) >= 11 is 0. The van der Waals surface area contributed by atoms with Crippen LogP contribution in [0.2, 0.25) is 0 Å². The molecule has 1 N–H and O–H groups in total. The van der Waals surface area contributed by atoms with Crippen LogP contribution in [0.3, 0.4) is 0 Å². The molecular formula is C24H27N5. The monoisotopic (exact) mass is 385 g/mol. The van der Waals surface area contributed by atoms with Crippen molar-refractivity contribution in [1.82, 2.24) is 24.9 Å². The number of nitrogens with zero attached hydrogens (tertiary/aromatic N) is 4. The lowest BCUT2D eigenvalue weighted by atomic mass is 10.1. The summed E-state index contributed by atoms with van der Waals surface area (Å²) in [6, 6.07) is 20.6. The molecule has 0 radical (unpaired) electrons. The van der Waals surface area contributed by atoms with Gasteiger partial charge in [-0.2, -0.15) is 10.2 Å². The van der Waals surface area contributed by atoms with Crippen molar-refractivity contribution >= 4 is 0 Å². The highest BCUT2D eigenvalue weighted by Gasteiger charge is 2.13. The minimum Gasteiger partial charge on any atom is -0.312 e. The van der Waals surface area contributed by atoms with Crippen LogP contribution in [-0.4, -0.2) is 26.1 Å². The highest BCUT2D eigenvalue weighted by atomic mass is 15.3. The molecule has 0 unspecified atom stereocenters. The zero-order valence-electron chi connectivity index (χ0n) is 17.3. The second-order valence-corrected chi connectivity index (χ2v) is 7.35. The van der Waals surface area contributed by atoms with Gasteiger partial charge in [-0.1, -0.05) is 48.5 Å². The third-order valence-electron chi connectivity index (χ3n) is 5.38. The van der Waals surface area contributed by atoms with Gasteiger partial charge < -0.3 is 5.32 Å². The van der Waals surface area contributed by atoms with Crippen molar-refractivity contribution in [2.45, 2.75) is 26.8 Å². The minimum atomic E-state index is 0.773. The number of rotatable bonds is 7. The lowest BCUT2D eigenvalue weighted by Gasteiger charge is -2.06. The molecule has 5 nitrogen and oxygen atoms in total. The van der Waals surface area contributed by atoms with Gasteiger partial charge in [0.1, 0.15) is 0 Å². The first kappa shape index (κ1) is 19.2. The first-order chi connectivity index (χ1) is 14.1. The Morgan fingerprint density at radius 3 is 2.24 bits per heavy atom. The molecule has 0 aliphatic rings. The predicted molar refractivity (Wildman–Crippen MR) is 117 cm³/mol. The zero-order valence-corrected chi connectivity index (χ0v) is 17.3. The molecule has 29 heavy (non-hydrogen) atoms. The topological polar surface area (TPSA) is 47.7 Å². The first-order valence-corrected chi connectivity index (χ1v) is 10.0. The molecule has 2 aromatic carbocycles. The maximum atomic E-state index is 4.88. The van der Waals surface area contributed by atoms with E-state index in [-0.39, 0.29) is 0 Å². The molecule has 0 amide bonds. The third kappa shape index (κ3) is 4.15. The summed E-state index contributed by atoms with van der Waals surface area (Å²) in [6.45, 7) is 5.89. The van der Waals surface area contributed by atoms with Gasteiger partial charge in [-0.25, -0.2) is 4.68 Å². The van der Waals surface area contributed by atoms with Gasteiger partial charge in [0.25, 0.3) is 0 Å². The van der Waals surface area contributed by atoms with Gasteiger partial charge in [0.05, 0.1) is 17.1 Å². The SMILES string of the molecule is Cc1nn(C)c(C)c1CCNCc1cn(-c2ccccc2)nc1-c1ccccc1. The van der Waals surface area contributed by atoms with Crippen molar-refractivity contribution in [3.63, 3.8) is 0 Å². The molecule has 0 fully saturated rings. The molecule has 0 atom stereocenters. The fourth-order valence-corrected chi connectivity index (χ4v) is 3.71. The Balaban J connectivity index is 1.52. The van der Waals surface area contributed by atoms with Gasteiger partial charge in [-0.3, -0.25) is 4.68 Å². The third-order valence-corrected chi connectivity index (χ3v) is 5.38. The van der Waals surface area contributed by atoms with E-state index in [1.807, 2.05) is 40.7 Å². The standard InChI is InChI=1S/C24H27N5/c1-18-23(19(2)28(3)26-18)14-15-25-16-21-17-29(22-12-8-5-9-13-22)27-24(21)20-10-6-4-7-11-20/h4-13,17,25H,14-16H2,1-3H3. The van der Waals surface area contributed by atoms with E-state index >= 15 is 0 Å². The van der Waals surface area contributed by atoms with E-state index in [9.17, 15) is 0 Å². The van der Waals surface area contributed by atoms with E-state index in [1.165, 1.54) is 16.8 Å². The van der Waals surface area contributed by atoms with Crippen molar-refractivity contribution in [2.75, 3.05) is 6.54 Å². The highest BCUT2D eigenvalue weighted by Crippen LogP contribution is 2.23. The molecule has 0 spiro atoms. The van der Waals surface area contributed by atoms with Crippen LogP contribution in [0.5, 0.6) is 0 Å². The molecule has 4 rings (SSSR count). The zero-order chi connectivity index (χ0) is 20.2. The Hall–Kier alpha value is -3.18. The van der Waals surface area contributed by atoms with E-state index in [0.717, 1.165) is 42.1 Å². The predicted octanol–water partition coefficient (Wildman–Crippen LogP) is 4.22. The average Bonchev–Trinajstić information content (AvgIpc) is 3.28. The molecule has 2 aromatic heterocycles. The Bertz CT molecular complexity index is 1080. The Kier molecular flexibility index (Phi) is 5.58. The van der Waals surface area contributed by atoms with E-state index in [1.54, 1.807) is 0 Å². The van der Waals surface area contributed by atoms with E-state index in [0.29, 0.717) is 0 Å². The molecule has 0 bridgehead atoms. The molecule has 4 aromatic rings. The fourth-order valence-electron chi connectivity index (χ4n) is 3.71. The Morgan fingerprint density at radius 2 is 1.59 bits per heavy atom. The highest BCUT2D eigenvalue weighted by molar-refractivity contribution is 5.63. The Morgan fingerprint density at radius 1 is 0.897 bits per heavy atom. The van der Waals surface area contributed by atoms with Crippen LogP contribution in [0.25, 0.3) is 16.9 Å². The van der Waals surface area contributed by atoms with Gasteiger partial charge in [0, 0.05) is 36.6 Å². The van der Waals surface area contributed by atoms with Gasteiger partial charge in [-0.05, 0) is 44.5 Å². The van der Waals surface area contributed by atoms with Gasteiger partial charge in [0.15, 0.2) is 0 Å². The second-order valence-electron chi connectivity index (χ2n) is 7.35. The van der Waals surface area contributed by atoms with Crippen molar-refractivity contribution in [1.29, 1.82) is 0 Å². The number of nitrogens with one attached hydrogen (secondary N) is 1. The summed E-state index contributed by atoms with van der Waals surface area (Å²) in [5, 5.41) is 13.0. The molecule has 5 heteroatoms. The molecule has 148 valence electrons. The summed E-state index contributed by atoms with van der Waals surface area (Å²) in [6.07, 6.45) is 3.10. The van der Waals surface area contributed by atoms with Crippen LogP contribution in [0.4, 0.5) is 0 Å². The van der Waals surface area contributed by atoms with Crippen molar-refractivity contribution in [2.24, 2.45) is 7.05 Å². The summed E-state index contributed by atoms with van der Waals surface area (Å²) in [7, 11) is 2.00. The van der Waals surface area contributed by atoms with Crippen molar-refractivity contribution < 1.29 is 0 Å². The minimum absolute atomic E-state index is 0.773. The summed E-state index contributed by atoms with van der Waals surface area (Å²) in [4.78, 5) is 0. The Labute approximate surface area is 172 Å². The van der Waals surface area contributed by atoms with Crippen LogP contribution < -0.4 is 5.32 Å². The van der Waals surface area contributed by atoms with Crippen LogP contribution >= 0.6 is 0 Å². The molecule has 0 saturated heterocycles. The summed E-state index contributed by atoms with van der Waals surface area (Å²) in [5.74, 6) is 0. The lowest BCUT2D eigenvalue weighted by molar-refractivity contribution is 0.682. The quantitative estimate of drug-likeness (QED) is 0.485. The summed E-state index contributed by atoms with van der Waals surface area (Å²) in [5.41, 5.74) is 8.12. The summed E-state index contributed by atoms with van der Waals surface area (Å²) < 4.78 is 3.93. The largest absolute Gasteiger partial charge is 0.312 e. The molecule has 0 saturated carbocycles. The molecular weight excluding hydrogens is 358 g/mol. The first-order valence-electron chi connectivity index (χ1n) is 10.0. The number of aryl methyl sites for hydroxylation is 2. The lowest BCUT2D eigenvalue weighted by Crippen LogP contribution is -2.17. The van der Waals surface area contributed by atoms with Gasteiger partial charge in [-0.15, -0.1) is 0 Å². The van der Waals surface area contributed by atoms with E-state index < -0.39 is 0 Å². The molecule has 2 heterocycles. The van der Waals surface area contributed by atoms with Gasteiger partial charge in [0.2, 0.25) is 0 Å². The molecule has 0 aliphatic carbocycles. The van der Waals surface area contributed by atoms with E-state index in [4.69, 9.17) is 5.10 Å². The average molecular weight is 386 g/mol. The number of benzene rings is 2. The van der Waals surface area contributed by atoms with Crippen LogP contribution in [0, 0.1) is 13.8 Å². The van der Waals surface area contributed by atoms with Crippen LogP contribution in [0.15, 0.2) is 66.9 Å². The maximum absolute atomic E-state index is 4.88. The number of hydrogen-bond donors (Lipinski definition) is 1. The number of hydrogen-bond acceptors (Lipinski definition) is 3. The van der Waals surface area contributed by atoms with Crippen molar-refractivity contribution in [3.8, 4) is 16.9 Å². The normalized spacial score (nSPS) is 11.1. The molecule has 0 aliphatic heterocycles.